The van der Waals surface area contributed by atoms with Gasteiger partial charge in [-0.2, -0.15) is 0 Å². The molecule has 4 rings (SSSR count). The van der Waals surface area contributed by atoms with E-state index in [9.17, 15) is 4.79 Å². The first-order valence-corrected chi connectivity index (χ1v) is 17.1. The second kappa shape index (κ2) is 14.1. The highest BCUT2D eigenvalue weighted by atomic mass is 127. The van der Waals surface area contributed by atoms with Crippen molar-refractivity contribution < 1.29 is 12.6 Å². The van der Waals surface area contributed by atoms with Gasteiger partial charge >= 0.3 is 5.97 Å². The highest BCUT2D eigenvalue weighted by Gasteiger charge is 2.45. The predicted molar refractivity (Wildman–Crippen MR) is 190 cm³/mol. The molecule has 2 aromatic rings. The van der Waals surface area contributed by atoms with Crippen molar-refractivity contribution in [3.63, 3.8) is 0 Å². The minimum absolute atomic E-state index is 0.292. The molecular formula is C36H47IN2O3S. The summed E-state index contributed by atoms with van der Waals surface area (Å²) >= 11 is 3.33. The standard InChI is InChI=1S/C36H47IN2O3S/c1-10-20-41-26(6)33-24(4)32-25(5)39(36(8,9)35(40)42-37)27(7)38(34(32)43-33)22-30(21-28-18-16-23(3)17-19-28)31-15-13-12-14-29(31)11-2/h10,12-15,20,23,28,30H,5-7,11,16-19,21-22H2,1-4,8-9H3/b20-10-/t23-,28+,30-/m0/s1. The topological polar surface area (TPSA) is 42.0 Å². The zero-order chi connectivity index (χ0) is 31.5. The molecule has 0 bridgehead atoms. The molecule has 0 saturated heterocycles. The second-order valence-electron chi connectivity index (χ2n) is 12.6. The molecule has 0 amide bonds. The third-order valence-electron chi connectivity index (χ3n) is 9.26. The van der Waals surface area contributed by atoms with Gasteiger partial charge in [-0.1, -0.05) is 89.6 Å². The van der Waals surface area contributed by atoms with E-state index in [0.717, 1.165) is 57.8 Å². The van der Waals surface area contributed by atoms with Crippen LogP contribution in [0.2, 0.25) is 0 Å². The van der Waals surface area contributed by atoms with Crippen LogP contribution >= 0.6 is 34.3 Å². The van der Waals surface area contributed by atoms with Crippen molar-refractivity contribution in [2.24, 2.45) is 11.8 Å². The van der Waals surface area contributed by atoms with Gasteiger partial charge in [0.25, 0.3) is 0 Å². The van der Waals surface area contributed by atoms with E-state index in [4.69, 9.17) is 7.80 Å². The molecule has 1 aromatic carbocycles. The largest absolute Gasteiger partial charge is 0.464 e. The SMILES string of the molecule is C=C(O/C=C\C)c1sc2c(c1C)C(=C)N(C(C)(C)C(=O)OI)C(=C)N2C[C@H](C[C@H]1CC[C@@H](C)CC1)c1ccccc1CC. The number of aryl methyl sites for hydroxylation is 1. The summed E-state index contributed by atoms with van der Waals surface area (Å²) in [6.45, 7) is 26.5. The number of benzene rings is 1. The van der Waals surface area contributed by atoms with Gasteiger partial charge in [-0.15, -0.1) is 11.3 Å². The van der Waals surface area contributed by atoms with Crippen molar-refractivity contribution in [3.8, 4) is 0 Å². The monoisotopic (exact) mass is 714 g/mol. The van der Waals surface area contributed by atoms with Gasteiger partial charge in [-0.05, 0) is 69.1 Å². The average molecular weight is 715 g/mol. The molecule has 0 unspecified atom stereocenters. The number of halogens is 1. The van der Waals surface area contributed by atoms with E-state index in [0.29, 0.717) is 17.6 Å². The first-order valence-electron chi connectivity index (χ1n) is 15.4. The Kier molecular flexibility index (Phi) is 10.9. The second-order valence-corrected chi connectivity index (χ2v) is 14.0. The van der Waals surface area contributed by atoms with Crippen LogP contribution in [0.1, 0.15) is 99.8 Å². The number of hydrogen-bond donors (Lipinski definition) is 0. The molecule has 232 valence electrons. The summed E-state index contributed by atoms with van der Waals surface area (Å²) in [4.78, 5) is 18.4. The first-order chi connectivity index (χ1) is 20.5. The molecule has 0 N–H and O–H groups in total. The maximum Gasteiger partial charge on any atom is 0.341 e. The molecule has 5 nitrogen and oxygen atoms in total. The van der Waals surface area contributed by atoms with Crippen LogP contribution in [0.15, 0.2) is 62.2 Å². The number of fused-ring (bicyclic) bond motifs is 1. The molecule has 2 aliphatic rings. The van der Waals surface area contributed by atoms with Crippen LogP contribution in [0.3, 0.4) is 0 Å². The van der Waals surface area contributed by atoms with Gasteiger partial charge in [0.2, 0.25) is 0 Å². The summed E-state index contributed by atoms with van der Waals surface area (Å²) < 4.78 is 11.1. The van der Waals surface area contributed by atoms with Crippen LogP contribution in [-0.4, -0.2) is 23.0 Å². The highest BCUT2D eigenvalue weighted by Crippen LogP contribution is 2.52. The fraction of sp³-hybridized carbons (Fsp3) is 0.472. The summed E-state index contributed by atoms with van der Waals surface area (Å²) in [5.74, 6) is 2.77. The van der Waals surface area contributed by atoms with E-state index in [1.165, 1.54) is 36.8 Å². The molecule has 0 radical (unpaired) electrons. The molecule has 1 aliphatic carbocycles. The molecule has 1 saturated carbocycles. The average Bonchev–Trinajstić information content (AvgIpc) is 3.34. The normalized spacial score (nSPS) is 19.9. The quantitative estimate of drug-likeness (QED) is 0.171. The van der Waals surface area contributed by atoms with Gasteiger partial charge in [0.15, 0.2) is 23.0 Å². The van der Waals surface area contributed by atoms with Crippen molar-refractivity contribution in [3.05, 3.63) is 89.3 Å². The lowest BCUT2D eigenvalue weighted by Gasteiger charge is -2.48. The van der Waals surface area contributed by atoms with Gasteiger partial charge in [0, 0.05) is 23.7 Å². The molecule has 2 heterocycles. The summed E-state index contributed by atoms with van der Waals surface area (Å²) in [6.07, 6.45) is 10.8. The highest BCUT2D eigenvalue weighted by molar-refractivity contribution is 14.1. The Labute approximate surface area is 277 Å². The van der Waals surface area contributed by atoms with Crippen LogP contribution in [0.4, 0.5) is 5.00 Å². The van der Waals surface area contributed by atoms with Crippen molar-refractivity contribution in [1.29, 1.82) is 0 Å². The van der Waals surface area contributed by atoms with Crippen LogP contribution in [-0.2, 0) is 19.0 Å². The maximum absolute atomic E-state index is 13.2. The lowest BCUT2D eigenvalue weighted by atomic mass is 9.76. The minimum Gasteiger partial charge on any atom is -0.464 e. The Hall–Kier alpha value is -2.52. The van der Waals surface area contributed by atoms with Gasteiger partial charge in [-0.3, -0.25) is 0 Å². The van der Waals surface area contributed by atoms with E-state index >= 15 is 0 Å². The molecule has 7 heteroatoms. The number of ether oxygens (including phenoxy) is 1. The van der Waals surface area contributed by atoms with Crippen molar-refractivity contribution in [2.75, 3.05) is 11.4 Å². The molecule has 1 fully saturated rings. The summed E-state index contributed by atoms with van der Waals surface area (Å²) in [7, 11) is 0. The number of nitrogens with zero attached hydrogens (tertiary/aromatic N) is 2. The molecule has 1 aromatic heterocycles. The third kappa shape index (κ3) is 6.77. The summed E-state index contributed by atoms with van der Waals surface area (Å²) in [5, 5.41) is 1.07. The molecule has 0 spiro atoms. The van der Waals surface area contributed by atoms with Gasteiger partial charge < -0.3 is 17.6 Å². The molecule has 1 aliphatic heterocycles. The Balaban J connectivity index is 1.85. The molecular weight excluding hydrogens is 667 g/mol. The minimum atomic E-state index is -1.02. The summed E-state index contributed by atoms with van der Waals surface area (Å²) in [6, 6.07) is 8.90. The van der Waals surface area contributed by atoms with Gasteiger partial charge in [0.1, 0.15) is 22.1 Å². The van der Waals surface area contributed by atoms with E-state index in [1.54, 1.807) is 40.6 Å². The van der Waals surface area contributed by atoms with E-state index in [1.807, 2.05) is 31.7 Å². The number of carbonyl (C=O) groups is 1. The van der Waals surface area contributed by atoms with Gasteiger partial charge in [0.05, 0.1) is 11.1 Å². The fourth-order valence-corrected chi connectivity index (χ4v) is 8.59. The van der Waals surface area contributed by atoms with Gasteiger partial charge in [-0.25, -0.2) is 4.79 Å². The van der Waals surface area contributed by atoms with E-state index < -0.39 is 5.54 Å². The van der Waals surface area contributed by atoms with Crippen LogP contribution in [0, 0.1) is 18.8 Å². The Morgan fingerprint density at radius 3 is 2.51 bits per heavy atom. The van der Waals surface area contributed by atoms with Crippen LogP contribution in [0.25, 0.3) is 11.5 Å². The zero-order valence-electron chi connectivity index (χ0n) is 26.7. The summed E-state index contributed by atoms with van der Waals surface area (Å²) in [5.41, 5.74) is 4.55. The fourth-order valence-electron chi connectivity index (χ4n) is 6.78. The Bertz CT molecular complexity index is 1400. The van der Waals surface area contributed by atoms with Crippen molar-refractivity contribution in [1.82, 2.24) is 4.90 Å². The number of thiophene rings is 1. The Morgan fingerprint density at radius 1 is 1.21 bits per heavy atom. The zero-order valence-corrected chi connectivity index (χ0v) is 29.6. The maximum atomic E-state index is 13.2. The number of allylic oxidation sites excluding steroid dienone is 1. The van der Waals surface area contributed by atoms with Crippen LogP contribution in [0.5, 0.6) is 0 Å². The lowest BCUT2D eigenvalue weighted by Crippen LogP contribution is -2.53. The number of rotatable bonds is 11. The number of hydrogen-bond acceptors (Lipinski definition) is 6. The molecule has 43 heavy (non-hydrogen) atoms. The number of anilines is 1. The van der Waals surface area contributed by atoms with Crippen molar-refractivity contribution in [2.45, 2.75) is 91.5 Å². The number of carbonyl (C=O) groups excluding carboxylic acids is 1. The molecule has 1 atom stereocenters. The first kappa shape index (κ1) is 33.4. The van der Waals surface area contributed by atoms with Crippen molar-refractivity contribution >= 4 is 56.8 Å². The lowest BCUT2D eigenvalue weighted by molar-refractivity contribution is -0.140. The Morgan fingerprint density at radius 2 is 1.88 bits per heavy atom. The smallest absolute Gasteiger partial charge is 0.341 e. The predicted octanol–water partition coefficient (Wildman–Crippen LogP) is 10.4. The third-order valence-corrected chi connectivity index (χ3v) is 11.0. The van der Waals surface area contributed by atoms with E-state index in [2.05, 4.69) is 69.7 Å². The van der Waals surface area contributed by atoms with Crippen LogP contribution < -0.4 is 4.90 Å². The van der Waals surface area contributed by atoms with E-state index in [-0.39, 0.29) is 5.97 Å².